The molecule has 0 aromatic heterocycles. The second-order valence-electron chi connectivity index (χ2n) is 4.69. The molecule has 3 rings (SSSR count). The van der Waals surface area contributed by atoms with Crippen LogP contribution in [0.4, 0.5) is 15.8 Å². The van der Waals surface area contributed by atoms with Crippen molar-refractivity contribution in [1.82, 2.24) is 0 Å². The average molecular weight is 288 g/mol. The summed E-state index contributed by atoms with van der Waals surface area (Å²) >= 11 is 0. The number of benzene rings is 2. The van der Waals surface area contributed by atoms with Gasteiger partial charge >= 0.3 is 0 Å². The van der Waals surface area contributed by atoms with E-state index in [-0.39, 0.29) is 18.3 Å². The molecule has 3 N–H and O–H groups in total. The first-order valence-corrected chi connectivity index (χ1v) is 6.40. The molecule has 108 valence electrons. The van der Waals surface area contributed by atoms with Crippen molar-refractivity contribution in [1.29, 1.82) is 0 Å². The smallest absolute Gasteiger partial charge is 0.262 e. The fraction of sp³-hybridized carbons (Fsp3) is 0.133. The summed E-state index contributed by atoms with van der Waals surface area (Å²) in [5, 5.41) is 14.9. The number of amides is 1. The Morgan fingerprint density at radius 1 is 1.29 bits per heavy atom. The van der Waals surface area contributed by atoms with Crippen molar-refractivity contribution in [3.8, 4) is 11.5 Å². The number of anilines is 2. The van der Waals surface area contributed by atoms with E-state index in [1.165, 1.54) is 12.1 Å². The van der Waals surface area contributed by atoms with E-state index in [0.717, 1.165) is 5.56 Å². The highest BCUT2D eigenvalue weighted by Gasteiger charge is 2.15. The molecule has 0 saturated heterocycles. The zero-order valence-electron chi connectivity index (χ0n) is 11.0. The summed E-state index contributed by atoms with van der Waals surface area (Å²) in [7, 11) is 0. The number of halogens is 1. The number of ether oxygens (including phenoxy) is 1. The molecule has 0 unspecified atom stereocenters. The highest BCUT2D eigenvalue weighted by Crippen LogP contribution is 2.29. The van der Waals surface area contributed by atoms with E-state index >= 15 is 0 Å². The molecular weight excluding hydrogens is 275 g/mol. The largest absolute Gasteiger partial charge is 0.505 e. The summed E-state index contributed by atoms with van der Waals surface area (Å²) in [5.41, 5.74) is 2.10. The molecule has 2 aromatic rings. The Bertz CT molecular complexity index is 703. The Hall–Kier alpha value is -2.76. The molecule has 1 amide bonds. The molecule has 0 atom stereocenters. The van der Waals surface area contributed by atoms with Crippen LogP contribution >= 0.6 is 0 Å². The van der Waals surface area contributed by atoms with Crippen LogP contribution in [0.2, 0.25) is 0 Å². The van der Waals surface area contributed by atoms with Gasteiger partial charge in [-0.05, 0) is 29.8 Å². The van der Waals surface area contributed by atoms with Crippen molar-refractivity contribution < 1.29 is 19.0 Å². The molecule has 1 aliphatic rings. The van der Waals surface area contributed by atoms with Gasteiger partial charge in [-0.1, -0.05) is 6.07 Å². The molecule has 1 aliphatic heterocycles. The Labute approximate surface area is 120 Å². The molecule has 1 heterocycles. The second-order valence-corrected chi connectivity index (χ2v) is 4.69. The molecule has 6 heteroatoms. The van der Waals surface area contributed by atoms with Crippen LogP contribution in [0.5, 0.6) is 11.5 Å². The second kappa shape index (κ2) is 5.32. The van der Waals surface area contributed by atoms with E-state index in [1.54, 1.807) is 18.2 Å². The van der Waals surface area contributed by atoms with Crippen molar-refractivity contribution >= 4 is 17.3 Å². The SMILES string of the molecule is O=C1COc2ccc(CNc3ccc(O)c(F)c3)cc2N1. The number of hydrogen-bond acceptors (Lipinski definition) is 4. The standard InChI is InChI=1S/C15H13FN2O3/c16-11-6-10(2-3-13(11)19)17-7-9-1-4-14-12(5-9)18-15(20)8-21-14/h1-6,17,19H,7-8H2,(H,18,20). The minimum atomic E-state index is -0.675. The predicted octanol–water partition coefficient (Wildman–Crippen LogP) is 2.47. The van der Waals surface area contributed by atoms with Crippen LogP contribution in [0.15, 0.2) is 36.4 Å². The lowest BCUT2D eigenvalue weighted by Gasteiger charge is -2.18. The van der Waals surface area contributed by atoms with Gasteiger partial charge in [0.2, 0.25) is 0 Å². The Morgan fingerprint density at radius 2 is 2.14 bits per heavy atom. The maximum Gasteiger partial charge on any atom is 0.262 e. The minimum absolute atomic E-state index is 0.0252. The molecule has 0 saturated carbocycles. The highest BCUT2D eigenvalue weighted by molar-refractivity contribution is 5.95. The fourth-order valence-corrected chi connectivity index (χ4v) is 2.06. The van der Waals surface area contributed by atoms with Gasteiger partial charge in [-0.3, -0.25) is 4.79 Å². The van der Waals surface area contributed by atoms with Gasteiger partial charge in [-0.15, -0.1) is 0 Å². The van der Waals surface area contributed by atoms with Crippen molar-refractivity contribution in [2.45, 2.75) is 6.54 Å². The third-order valence-corrected chi connectivity index (χ3v) is 3.12. The summed E-state index contributed by atoms with van der Waals surface area (Å²) in [4.78, 5) is 11.3. The first kappa shape index (κ1) is 13.2. The molecular formula is C15H13FN2O3. The Balaban J connectivity index is 1.72. The van der Waals surface area contributed by atoms with E-state index in [9.17, 15) is 9.18 Å². The number of aromatic hydroxyl groups is 1. The number of rotatable bonds is 3. The quantitative estimate of drug-likeness (QED) is 0.759. The molecule has 2 aromatic carbocycles. The lowest BCUT2D eigenvalue weighted by atomic mass is 10.1. The third kappa shape index (κ3) is 2.89. The Kier molecular flexibility index (Phi) is 3.35. The van der Waals surface area contributed by atoms with Crippen LogP contribution in [-0.4, -0.2) is 17.6 Å². The number of carbonyl (C=O) groups is 1. The van der Waals surface area contributed by atoms with Crippen LogP contribution in [0.25, 0.3) is 0 Å². The van der Waals surface area contributed by atoms with Gasteiger partial charge in [0.1, 0.15) is 5.75 Å². The average Bonchev–Trinajstić information content (AvgIpc) is 2.48. The van der Waals surface area contributed by atoms with Crippen LogP contribution < -0.4 is 15.4 Å². The normalized spacial score (nSPS) is 13.1. The lowest BCUT2D eigenvalue weighted by Crippen LogP contribution is -2.25. The van der Waals surface area contributed by atoms with Crippen LogP contribution in [0.1, 0.15) is 5.56 Å². The highest BCUT2D eigenvalue weighted by atomic mass is 19.1. The molecule has 0 fully saturated rings. The summed E-state index contributed by atoms with van der Waals surface area (Å²) < 4.78 is 18.5. The summed E-state index contributed by atoms with van der Waals surface area (Å²) in [6, 6.07) is 9.54. The molecule has 0 aliphatic carbocycles. The first-order chi connectivity index (χ1) is 10.1. The predicted molar refractivity (Wildman–Crippen MR) is 76.0 cm³/mol. The van der Waals surface area contributed by atoms with Gasteiger partial charge in [0.15, 0.2) is 18.2 Å². The van der Waals surface area contributed by atoms with E-state index in [0.29, 0.717) is 23.7 Å². The minimum Gasteiger partial charge on any atom is -0.505 e. The third-order valence-electron chi connectivity index (χ3n) is 3.12. The lowest BCUT2D eigenvalue weighted by molar-refractivity contribution is -0.118. The monoisotopic (exact) mass is 288 g/mol. The van der Waals surface area contributed by atoms with Crippen LogP contribution in [0, 0.1) is 5.82 Å². The molecule has 0 bridgehead atoms. The molecule has 21 heavy (non-hydrogen) atoms. The van der Waals surface area contributed by atoms with Crippen molar-refractivity contribution in [3.05, 3.63) is 47.8 Å². The number of phenols is 1. The van der Waals surface area contributed by atoms with Gasteiger partial charge in [0.05, 0.1) is 5.69 Å². The number of fused-ring (bicyclic) bond motifs is 1. The fourth-order valence-electron chi connectivity index (χ4n) is 2.06. The van der Waals surface area contributed by atoms with E-state index in [2.05, 4.69) is 10.6 Å². The number of carbonyl (C=O) groups excluding carboxylic acids is 1. The van der Waals surface area contributed by atoms with Gasteiger partial charge in [0, 0.05) is 18.3 Å². The number of phenolic OH excluding ortho intramolecular Hbond substituents is 1. The number of hydrogen-bond donors (Lipinski definition) is 3. The zero-order chi connectivity index (χ0) is 14.8. The van der Waals surface area contributed by atoms with E-state index < -0.39 is 5.82 Å². The summed E-state index contributed by atoms with van der Waals surface area (Å²) in [6.45, 7) is 0.477. The maximum absolute atomic E-state index is 13.2. The summed E-state index contributed by atoms with van der Waals surface area (Å²) in [5.74, 6) is -0.609. The first-order valence-electron chi connectivity index (χ1n) is 6.40. The van der Waals surface area contributed by atoms with Gasteiger partial charge < -0.3 is 20.5 Å². The zero-order valence-corrected chi connectivity index (χ0v) is 11.0. The molecule has 0 spiro atoms. The van der Waals surface area contributed by atoms with Crippen LogP contribution in [-0.2, 0) is 11.3 Å². The van der Waals surface area contributed by atoms with Crippen molar-refractivity contribution in [2.75, 3.05) is 17.2 Å². The Morgan fingerprint density at radius 3 is 2.95 bits per heavy atom. The van der Waals surface area contributed by atoms with E-state index in [1.807, 2.05) is 6.07 Å². The molecule has 5 nitrogen and oxygen atoms in total. The maximum atomic E-state index is 13.2. The molecule has 0 radical (unpaired) electrons. The van der Waals surface area contributed by atoms with Gasteiger partial charge in [-0.25, -0.2) is 4.39 Å². The van der Waals surface area contributed by atoms with E-state index in [4.69, 9.17) is 9.84 Å². The number of nitrogens with one attached hydrogen (secondary N) is 2. The topological polar surface area (TPSA) is 70.6 Å². The van der Waals surface area contributed by atoms with Gasteiger partial charge in [-0.2, -0.15) is 0 Å². The van der Waals surface area contributed by atoms with Gasteiger partial charge in [0.25, 0.3) is 5.91 Å². The summed E-state index contributed by atoms with van der Waals surface area (Å²) in [6.07, 6.45) is 0. The van der Waals surface area contributed by atoms with Crippen molar-refractivity contribution in [3.63, 3.8) is 0 Å². The van der Waals surface area contributed by atoms with Crippen molar-refractivity contribution in [2.24, 2.45) is 0 Å². The van der Waals surface area contributed by atoms with Crippen LogP contribution in [0.3, 0.4) is 0 Å².